The number of aliphatic hydroxyl groups excluding tert-OH is 2. The number of amides is 1. The van der Waals surface area contributed by atoms with Crippen LogP contribution in [0.4, 0.5) is 44.3 Å². The fourth-order valence-electron chi connectivity index (χ4n) is 14.5. The van der Waals surface area contributed by atoms with Crippen molar-refractivity contribution in [2.45, 2.75) is 145 Å². The Kier molecular flexibility index (Phi) is 32.7. The molecule has 0 spiro atoms. The Morgan fingerprint density at radius 2 is 0.844 bits per heavy atom. The van der Waals surface area contributed by atoms with Crippen molar-refractivity contribution in [1.82, 2.24) is 35.4 Å². The number of ether oxygens (including phenoxy) is 5. The third-order valence-corrected chi connectivity index (χ3v) is 23.0. The number of carbonyl (C=O) groups is 3. The average molecular weight is 1840 g/mol. The monoisotopic (exact) mass is 1840 g/mol. The molecule has 32 heteroatoms. The second kappa shape index (κ2) is 42.5. The number of likely N-dealkylation sites (tertiary alicyclic amines) is 2. The number of nitrogens with zero attached hydrogens (tertiary/aromatic N) is 5. The van der Waals surface area contributed by atoms with Crippen LogP contribution in [0.5, 0.6) is 23.0 Å². The first-order chi connectivity index (χ1) is 60.5. The molecule has 3 unspecified atom stereocenters. The molecule has 3 fully saturated rings. The highest BCUT2D eigenvalue weighted by atomic mass is 35.5. The van der Waals surface area contributed by atoms with Crippen LogP contribution in [0, 0.1) is 17.5 Å². The fourth-order valence-corrected chi connectivity index (χ4v) is 15.0. The van der Waals surface area contributed by atoms with Gasteiger partial charge in [0.25, 0.3) is 0 Å². The van der Waals surface area contributed by atoms with Gasteiger partial charge in [-0.25, -0.2) is 32.9 Å². The third kappa shape index (κ3) is 25.6. The molecule has 0 aliphatic carbocycles. The van der Waals surface area contributed by atoms with Gasteiger partial charge in [-0.1, -0.05) is 95.5 Å². The van der Waals surface area contributed by atoms with Crippen LogP contribution >= 0.6 is 34.8 Å². The van der Waals surface area contributed by atoms with E-state index in [0.717, 1.165) is 56.7 Å². The molecule has 1 amide bonds. The molecule has 6 heterocycles. The van der Waals surface area contributed by atoms with E-state index in [1.807, 2.05) is 48.5 Å². The summed E-state index contributed by atoms with van der Waals surface area (Å²) in [7, 11) is 2.68. The van der Waals surface area contributed by atoms with Crippen LogP contribution in [-0.2, 0) is 34.4 Å². The van der Waals surface area contributed by atoms with Crippen LogP contribution in [-0.4, -0.2) is 184 Å². The number of aliphatic hydroxyl groups is 5. The number of aromatic nitrogens is 3. The van der Waals surface area contributed by atoms with E-state index >= 15 is 0 Å². The van der Waals surface area contributed by atoms with Gasteiger partial charge >= 0.3 is 18.4 Å². The lowest BCUT2D eigenvalue weighted by atomic mass is 9.85. The predicted octanol–water partition coefficient (Wildman–Crippen LogP) is 18.7. The summed E-state index contributed by atoms with van der Waals surface area (Å²) in [6, 6.07) is 50.1. The van der Waals surface area contributed by atoms with E-state index < -0.39 is 119 Å². The van der Waals surface area contributed by atoms with Crippen molar-refractivity contribution in [1.29, 1.82) is 0 Å². The zero-order valence-electron chi connectivity index (χ0n) is 71.6. The van der Waals surface area contributed by atoms with Gasteiger partial charge in [0.2, 0.25) is 11.2 Å². The van der Waals surface area contributed by atoms with E-state index in [1.165, 1.54) is 124 Å². The van der Waals surface area contributed by atoms with Crippen molar-refractivity contribution in [3.05, 3.63) is 277 Å². The summed E-state index contributed by atoms with van der Waals surface area (Å²) in [5.41, 5.74) is -3.38. The summed E-state index contributed by atoms with van der Waals surface area (Å²) in [6.45, 7) is 15.6. The molecule has 0 radical (unpaired) electrons. The van der Waals surface area contributed by atoms with Gasteiger partial charge in [-0.3, -0.25) is 9.59 Å². The quantitative estimate of drug-likeness (QED) is 0.0149. The predicted molar refractivity (Wildman–Crippen MR) is 469 cm³/mol. The molecule has 10 aromatic rings. The second-order valence-corrected chi connectivity index (χ2v) is 34.6. The van der Waals surface area contributed by atoms with Gasteiger partial charge in [0.05, 0.1) is 82.2 Å². The van der Waals surface area contributed by atoms with Crippen LogP contribution in [0.1, 0.15) is 151 Å². The average Bonchev–Trinajstić information content (AvgIpc) is 0.760. The SMILES string of the molecule is CC(C)(C)OC(=O)NCC(C)(O)c1cc(C2CN(CCc3ccccc3)C2)cc(-c2ccc(F)c(Cl)c2)n1.COc1cc(C(=O)CCC(O)(c2cc(C3CN(CCc4ccccc4)C3)cc(-c3ccc(F)c(Cl)c3)n2)C(F)(F)F)ccc1OC[C@@H](C)O.COc1cc(C(=O)CCC(O)(c2cc(C3CNC3)cc(-c3ccc(F)c(Cl)c3)n2)C(F)(F)F)ccc1OC[C@@H](C)O. The maximum Gasteiger partial charge on any atom is 0.422 e. The zero-order chi connectivity index (χ0) is 92.8. The molecule has 0 bridgehead atoms. The Hall–Kier alpha value is -10.3. The van der Waals surface area contributed by atoms with Crippen LogP contribution < -0.4 is 29.6 Å². The Morgan fingerprint density at radius 3 is 1.17 bits per heavy atom. The summed E-state index contributed by atoms with van der Waals surface area (Å²) >= 11 is 18.0. The Labute approximate surface area is 751 Å². The van der Waals surface area contributed by atoms with Crippen LogP contribution in [0.2, 0.25) is 15.1 Å². The van der Waals surface area contributed by atoms with Crippen molar-refractivity contribution in [3.8, 4) is 56.8 Å². The van der Waals surface area contributed by atoms with E-state index in [2.05, 4.69) is 54.7 Å². The molecular weight excluding hydrogens is 1740 g/mol. The Balaban J connectivity index is 0.000000188. The van der Waals surface area contributed by atoms with E-state index in [4.69, 9.17) is 63.5 Å². The van der Waals surface area contributed by atoms with Gasteiger partial charge in [-0.2, -0.15) is 26.3 Å². The number of benzene rings is 7. The number of halogens is 12. The molecule has 3 saturated heterocycles. The van der Waals surface area contributed by atoms with Crippen LogP contribution in [0.3, 0.4) is 0 Å². The lowest BCUT2D eigenvalue weighted by Crippen LogP contribution is -2.46. The number of Topliss-reactive ketones (excluding diaryl/α,β-unsaturated/α-hetero) is 2. The molecule has 128 heavy (non-hydrogen) atoms. The molecule has 0 saturated carbocycles. The van der Waals surface area contributed by atoms with Crippen molar-refractivity contribution in [2.75, 3.05) is 86.3 Å². The highest BCUT2D eigenvalue weighted by Crippen LogP contribution is 2.47. The van der Waals surface area contributed by atoms with E-state index in [1.54, 1.807) is 45.9 Å². The number of methoxy groups -OCH3 is 2. The number of rotatable bonds is 33. The van der Waals surface area contributed by atoms with Gasteiger partial charge in [0, 0.05) is 111 Å². The smallest absolute Gasteiger partial charge is 0.422 e. The van der Waals surface area contributed by atoms with E-state index in [9.17, 15) is 79.4 Å². The van der Waals surface area contributed by atoms with Crippen LogP contribution in [0.15, 0.2) is 188 Å². The van der Waals surface area contributed by atoms with Crippen molar-refractivity contribution >= 4 is 52.5 Å². The fraction of sp³-hybridized carbons (Fsp3) is 0.375. The molecule has 682 valence electrons. The molecule has 5 atom stereocenters. The summed E-state index contributed by atoms with van der Waals surface area (Å²) in [4.78, 5) is 56.1. The first-order valence-corrected chi connectivity index (χ1v) is 42.6. The normalized spacial score (nSPS) is 15.9. The molecule has 7 aromatic carbocycles. The Bertz CT molecular complexity index is 5510. The number of nitrogens with one attached hydrogen (secondary N) is 2. The number of alkyl carbamates (subject to hydrolysis) is 1. The van der Waals surface area contributed by atoms with Crippen molar-refractivity contribution < 1.29 is 103 Å². The number of hydrogen-bond donors (Lipinski definition) is 7. The van der Waals surface area contributed by atoms with E-state index in [0.29, 0.717) is 54.3 Å². The van der Waals surface area contributed by atoms with Gasteiger partial charge in [0.15, 0.2) is 34.6 Å². The number of ketones is 2. The third-order valence-electron chi connectivity index (χ3n) is 22.1. The minimum Gasteiger partial charge on any atom is -0.493 e. The number of pyridine rings is 3. The van der Waals surface area contributed by atoms with Gasteiger partial charge in [-0.15, -0.1) is 0 Å². The molecule has 20 nitrogen and oxygen atoms in total. The van der Waals surface area contributed by atoms with Crippen molar-refractivity contribution in [3.63, 3.8) is 0 Å². The molecule has 3 aromatic heterocycles. The number of carbonyl (C=O) groups excluding carboxylic acids is 3. The highest BCUT2D eigenvalue weighted by molar-refractivity contribution is 6.31. The Morgan fingerprint density at radius 1 is 0.484 bits per heavy atom. The minimum atomic E-state index is -5.20. The van der Waals surface area contributed by atoms with Crippen LogP contribution in [0.25, 0.3) is 33.8 Å². The first-order valence-electron chi connectivity index (χ1n) is 41.5. The lowest BCUT2D eigenvalue weighted by Gasteiger charge is -2.40. The maximum atomic E-state index is 14.8. The molecular formula is C96H101Cl3F9N7O13. The standard InChI is InChI=1S/C37H37ClF4N2O5.C30H35ClFN3O3.C29H29ClF4N2O5/c1-23(45)22-49-33-11-9-26(18-34(33)48-2)32(46)12-14-36(47,37(40,41)42)35-19-27(17-31(43-35)25-8-10-30(39)29(38)16-25)28-20-44(21-28)15-13-24-6-4-3-5-7-24;1-29(2,3)38-28(36)33-19-30(4,37)27-16-22(15-26(34-27)21-10-11-25(32)24(31)14-21)23-17-35(18-23)13-12-20-8-6-5-7-9-20;1-16(37)15-41-25-6-4-18(11-26(25)40-2)24(38)7-8-28(39,29(32,33)34)27-12-19(20-13-35-14-20)10-23(36-27)17-3-5-22(31)21(30)9-17/h3-11,16-19,23,28,45,47H,12-15,20-22H2,1-2H3;5-11,14-16,23,37H,12-13,17-19H2,1-4H3,(H,33,36);3-6,9-12,16,20,35,37,39H,7-8,13-15H2,1-2H3/t23-,36?;;16-,28?/m1.1/s1. The van der Waals surface area contributed by atoms with Gasteiger partial charge in [0.1, 0.15) is 41.9 Å². The van der Waals surface area contributed by atoms with Crippen molar-refractivity contribution in [2.24, 2.45) is 0 Å². The lowest BCUT2D eigenvalue weighted by molar-refractivity contribution is -0.270. The van der Waals surface area contributed by atoms with Gasteiger partial charge < -0.3 is 69.7 Å². The second-order valence-electron chi connectivity index (χ2n) is 33.4. The summed E-state index contributed by atoms with van der Waals surface area (Å²) in [6.07, 6.45) is -14.1. The minimum absolute atomic E-state index is 0.00494. The maximum absolute atomic E-state index is 14.8. The van der Waals surface area contributed by atoms with E-state index in [-0.39, 0.29) is 109 Å². The molecule has 3 aliphatic rings. The highest BCUT2D eigenvalue weighted by Gasteiger charge is 2.58. The largest absolute Gasteiger partial charge is 0.493 e. The topological polar surface area (TPSA) is 268 Å². The molecule has 13 rings (SSSR count). The number of alkyl halides is 6. The summed E-state index contributed by atoms with van der Waals surface area (Å²) in [5.74, 6) is -2.42. The molecule has 3 aliphatic heterocycles. The number of hydrogen-bond acceptors (Lipinski definition) is 19. The van der Waals surface area contributed by atoms with Gasteiger partial charge in [-0.05, 0) is 222 Å². The molecule has 7 N–H and O–H groups in total. The summed E-state index contributed by atoms with van der Waals surface area (Å²) in [5, 5.41) is 58.1. The summed E-state index contributed by atoms with van der Waals surface area (Å²) < 4.78 is 156. The zero-order valence-corrected chi connectivity index (χ0v) is 73.8. The first kappa shape index (κ1) is 98.3.